The second-order valence-electron chi connectivity index (χ2n) is 4.54. The van der Waals surface area contributed by atoms with Crippen LogP contribution in [0.15, 0.2) is 24.3 Å². The molecular weight excluding hydrogens is 198 g/mol. The lowest BCUT2D eigenvalue weighted by molar-refractivity contribution is 0.432. The molecule has 3 nitrogen and oxygen atoms in total. The van der Waals surface area contributed by atoms with Crippen molar-refractivity contribution in [3.05, 3.63) is 30.0 Å². The molecule has 2 aromatic rings. The third kappa shape index (κ3) is 1.71. The molecule has 0 spiro atoms. The summed E-state index contributed by atoms with van der Waals surface area (Å²) in [6.07, 6.45) is 0. The Labute approximate surface area is 96.5 Å². The predicted molar refractivity (Wildman–Crippen MR) is 67.4 cm³/mol. The smallest absolute Gasteiger partial charge is 0.0875 e. The summed E-state index contributed by atoms with van der Waals surface area (Å²) in [6.45, 7) is 4.43. The van der Waals surface area contributed by atoms with Gasteiger partial charge in [-0.15, -0.1) is 0 Å². The Balaban J connectivity index is 2.60. The van der Waals surface area contributed by atoms with Crippen LogP contribution >= 0.6 is 0 Å². The SMILES string of the molecule is CNC(c1nn(C)c2ccccc12)C(C)C. The van der Waals surface area contributed by atoms with Gasteiger partial charge in [0.1, 0.15) is 0 Å². The van der Waals surface area contributed by atoms with E-state index in [0.29, 0.717) is 12.0 Å². The molecule has 16 heavy (non-hydrogen) atoms. The number of hydrogen-bond donors (Lipinski definition) is 1. The molecule has 0 radical (unpaired) electrons. The third-order valence-electron chi connectivity index (χ3n) is 3.06. The van der Waals surface area contributed by atoms with E-state index in [1.165, 1.54) is 10.9 Å². The highest BCUT2D eigenvalue weighted by Gasteiger charge is 2.19. The van der Waals surface area contributed by atoms with Crippen molar-refractivity contribution in [1.29, 1.82) is 0 Å². The molecule has 1 atom stereocenters. The molecule has 0 saturated heterocycles. The Hall–Kier alpha value is -1.35. The van der Waals surface area contributed by atoms with E-state index in [-0.39, 0.29) is 0 Å². The number of rotatable bonds is 3. The zero-order valence-corrected chi connectivity index (χ0v) is 10.4. The van der Waals surface area contributed by atoms with E-state index >= 15 is 0 Å². The third-order valence-corrected chi connectivity index (χ3v) is 3.06. The molecule has 1 N–H and O–H groups in total. The van der Waals surface area contributed by atoms with Gasteiger partial charge in [-0.05, 0) is 19.0 Å². The van der Waals surface area contributed by atoms with Crippen molar-refractivity contribution in [2.45, 2.75) is 19.9 Å². The zero-order chi connectivity index (χ0) is 11.7. The monoisotopic (exact) mass is 217 g/mol. The Bertz CT molecular complexity index is 485. The summed E-state index contributed by atoms with van der Waals surface area (Å²) in [5, 5.41) is 9.23. The zero-order valence-electron chi connectivity index (χ0n) is 10.4. The van der Waals surface area contributed by atoms with Gasteiger partial charge in [0, 0.05) is 12.4 Å². The molecule has 1 unspecified atom stereocenters. The molecule has 0 aliphatic heterocycles. The van der Waals surface area contributed by atoms with Crippen LogP contribution in [0.1, 0.15) is 25.6 Å². The number of nitrogens with one attached hydrogen (secondary N) is 1. The van der Waals surface area contributed by atoms with Crippen LogP contribution in [0.2, 0.25) is 0 Å². The second kappa shape index (κ2) is 4.26. The minimum atomic E-state index is 0.311. The van der Waals surface area contributed by atoms with Crippen molar-refractivity contribution < 1.29 is 0 Å². The highest BCUT2D eigenvalue weighted by Crippen LogP contribution is 2.27. The number of nitrogens with zero attached hydrogens (tertiary/aromatic N) is 2. The topological polar surface area (TPSA) is 29.9 Å². The first-order chi connectivity index (χ1) is 7.65. The van der Waals surface area contributed by atoms with Crippen molar-refractivity contribution in [1.82, 2.24) is 15.1 Å². The lowest BCUT2D eigenvalue weighted by Crippen LogP contribution is -2.22. The minimum absolute atomic E-state index is 0.311. The summed E-state index contributed by atoms with van der Waals surface area (Å²) in [5.41, 5.74) is 2.34. The van der Waals surface area contributed by atoms with Gasteiger partial charge in [-0.1, -0.05) is 32.0 Å². The van der Waals surface area contributed by atoms with Gasteiger partial charge >= 0.3 is 0 Å². The van der Waals surface area contributed by atoms with Gasteiger partial charge in [0.05, 0.1) is 17.3 Å². The Kier molecular flexibility index (Phi) is 2.97. The van der Waals surface area contributed by atoms with Crippen LogP contribution in [-0.4, -0.2) is 16.8 Å². The molecule has 0 fully saturated rings. The molecule has 0 amide bonds. The maximum Gasteiger partial charge on any atom is 0.0875 e. The standard InChI is InChI=1S/C13H19N3/c1-9(2)12(14-3)13-10-7-5-6-8-11(10)16(4)15-13/h5-9,12,14H,1-4H3. The maximum atomic E-state index is 4.64. The number of para-hydroxylation sites is 1. The van der Waals surface area contributed by atoms with Crippen molar-refractivity contribution in [3.63, 3.8) is 0 Å². The van der Waals surface area contributed by atoms with Gasteiger partial charge in [0.15, 0.2) is 0 Å². The molecule has 0 aliphatic carbocycles. The molecule has 1 heterocycles. The highest BCUT2D eigenvalue weighted by molar-refractivity contribution is 5.82. The molecule has 0 bridgehead atoms. The summed E-state index contributed by atoms with van der Waals surface area (Å²) in [5.74, 6) is 0.531. The number of aromatic nitrogens is 2. The van der Waals surface area contributed by atoms with E-state index in [9.17, 15) is 0 Å². The van der Waals surface area contributed by atoms with Gasteiger partial charge in [0.2, 0.25) is 0 Å². The summed E-state index contributed by atoms with van der Waals surface area (Å²) in [6, 6.07) is 8.69. The quantitative estimate of drug-likeness (QED) is 0.856. The van der Waals surface area contributed by atoms with Gasteiger partial charge in [0.25, 0.3) is 0 Å². The molecule has 86 valence electrons. The van der Waals surface area contributed by atoms with Crippen molar-refractivity contribution in [2.75, 3.05) is 7.05 Å². The molecule has 0 saturated carbocycles. The molecule has 0 aliphatic rings. The predicted octanol–water partition coefficient (Wildman–Crippen LogP) is 2.49. The van der Waals surface area contributed by atoms with E-state index in [4.69, 9.17) is 0 Å². The largest absolute Gasteiger partial charge is 0.311 e. The van der Waals surface area contributed by atoms with Crippen LogP contribution in [0.25, 0.3) is 10.9 Å². The van der Waals surface area contributed by atoms with Crippen LogP contribution in [-0.2, 0) is 7.05 Å². The normalized spacial score (nSPS) is 13.6. The summed E-state index contributed by atoms with van der Waals surface area (Å²) in [7, 11) is 3.99. The first kappa shape index (κ1) is 11.1. The molecule has 3 heteroatoms. The van der Waals surface area contributed by atoms with E-state index in [1.54, 1.807) is 0 Å². The summed E-state index contributed by atoms with van der Waals surface area (Å²) < 4.78 is 1.96. The van der Waals surface area contributed by atoms with Crippen LogP contribution in [0.3, 0.4) is 0 Å². The lowest BCUT2D eigenvalue weighted by Gasteiger charge is -2.18. The van der Waals surface area contributed by atoms with E-state index in [0.717, 1.165) is 5.69 Å². The average molecular weight is 217 g/mol. The lowest BCUT2D eigenvalue weighted by atomic mass is 9.99. The van der Waals surface area contributed by atoms with Gasteiger partial charge in [-0.3, -0.25) is 4.68 Å². The average Bonchev–Trinajstić information content (AvgIpc) is 2.58. The first-order valence-corrected chi connectivity index (χ1v) is 5.74. The van der Waals surface area contributed by atoms with E-state index < -0.39 is 0 Å². The Morgan fingerprint density at radius 1 is 1.25 bits per heavy atom. The molecule has 2 rings (SSSR count). The van der Waals surface area contributed by atoms with Crippen molar-refractivity contribution >= 4 is 10.9 Å². The Morgan fingerprint density at radius 3 is 2.56 bits per heavy atom. The van der Waals surface area contributed by atoms with E-state index in [2.05, 4.69) is 48.5 Å². The van der Waals surface area contributed by atoms with Crippen molar-refractivity contribution in [2.24, 2.45) is 13.0 Å². The fourth-order valence-corrected chi connectivity index (χ4v) is 2.26. The maximum absolute atomic E-state index is 4.64. The second-order valence-corrected chi connectivity index (χ2v) is 4.54. The number of aryl methyl sites for hydroxylation is 1. The fourth-order valence-electron chi connectivity index (χ4n) is 2.26. The fraction of sp³-hybridized carbons (Fsp3) is 0.462. The van der Waals surface area contributed by atoms with Gasteiger partial charge < -0.3 is 5.32 Å². The molecule has 1 aromatic heterocycles. The van der Waals surface area contributed by atoms with Crippen LogP contribution in [0.5, 0.6) is 0 Å². The Morgan fingerprint density at radius 2 is 1.94 bits per heavy atom. The van der Waals surface area contributed by atoms with Crippen LogP contribution in [0.4, 0.5) is 0 Å². The van der Waals surface area contributed by atoms with Gasteiger partial charge in [-0.2, -0.15) is 5.10 Å². The van der Waals surface area contributed by atoms with Gasteiger partial charge in [-0.25, -0.2) is 0 Å². The number of fused-ring (bicyclic) bond motifs is 1. The molecule has 1 aromatic carbocycles. The number of hydrogen-bond acceptors (Lipinski definition) is 2. The van der Waals surface area contributed by atoms with Crippen molar-refractivity contribution in [3.8, 4) is 0 Å². The minimum Gasteiger partial charge on any atom is -0.311 e. The first-order valence-electron chi connectivity index (χ1n) is 5.74. The summed E-state index contributed by atoms with van der Waals surface area (Å²) in [4.78, 5) is 0. The highest BCUT2D eigenvalue weighted by atomic mass is 15.3. The summed E-state index contributed by atoms with van der Waals surface area (Å²) >= 11 is 0. The van der Waals surface area contributed by atoms with E-state index in [1.807, 2.05) is 18.8 Å². The van der Waals surface area contributed by atoms with Crippen LogP contribution < -0.4 is 5.32 Å². The van der Waals surface area contributed by atoms with Crippen LogP contribution in [0, 0.1) is 5.92 Å². The number of benzene rings is 1. The molecular formula is C13H19N3.